The number of carbonyl (C=O) groups excluding carboxylic acids is 1. The number of quaternary nitrogens is 1. The van der Waals surface area contributed by atoms with Crippen molar-refractivity contribution in [2.24, 2.45) is 0 Å². The molecule has 0 fully saturated rings. The molecule has 0 aromatic rings. The maximum Gasteiger partial charge on any atom is 0.366 e. The highest BCUT2D eigenvalue weighted by Crippen LogP contribution is 2.12. The zero-order valence-corrected chi connectivity index (χ0v) is 15.0. The Balaban J connectivity index is 3.42. The van der Waals surface area contributed by atoms with Crippen LogP contribution in [0.15, 0.2) is 0 Å². The molecule has 0 N–H and O–H groups in total. The fourth-order valence-electron chi connectivity index (χ4n) is 2.55. The quantitative estimate of drug-likeness (QED) is 0.249. The van der Waals surface area contributed by atoms with Crippen molar-refractivity contribution >= 4 is 5.97 Å². The minimum Gasteiger partial charge on any atom is -0.277 e. The summed E-state index contributed by atoms with van der Waals surface area (Å²) >= 11 is 0. The van der Waals surface area contributed by atoms with E-state index in [1.165, 1.54) is 57.8 Å². The zero-order valence-electron chi connectivity index (χ0n) is 15.0. The Labute approximate surface area is 132 Å². The maximum atomic E-state index is 11.5. The van der Waals surface area contributed by atoms with E-state index in [-0.39, 0.29) is 5.97 Å². The van der Waals surface area contributed by atoms with Crippen molar-refractivity contribution in [2.45, 2.75) is 90.9 Å². The molecule has 126 valence electrons. The van der Waals surface area contributed by atoms with Gasteiger partial charge in [0.1, 0.15) is 20.6 Å². The van der Waals surface area contributed by atoms with E-state index in [0.717, 1.165) is 19.4 Å². The Bertz CT molecular complexity index is 252. The first-order valence-corrected chi connectivity index (χ1v) is 9.07. The maximum absolute atomic E-state index is 11.5. The molecule has 21 heavy (non-hydrogen) atoms. The van der Waals surface area contributed by atoms with E-state index in [2.05, 4.69) is 6.92 Å². The van der Waals surface area contributed by atoms with Crippen LogP contribution in [0.4, 0.5) is 0 Å². The summed E-state index contributed by atoms with van der Waals surface area (Å²) in [6.07, 6.45) is 14.8. The number of unbranched alkanes of at least 4 members (excludes halogenated alkanes) is 9. The third-order valence-corrected chi connectivity index (χ3v) is 3.85. The van der Waals surface area contributed by atoms with Crippen molar-refractivity contribution in [3.63, 3.8) is 0 Å². The lowest BCUT2D eigenvalue weighted by Crippen LogP contribution is -2.42. The van der Waals surface area contributed by atoms with Crippen molar-refractivity contribution < 1.29 is 14.3 Å². The highest BCUT2D eigenvalue weighted by atomic mass is 16.7. The van der Waals surface area contributed by atoms with E-state index in [9.17, 15) is 4.79 Å². The second kappa shape index (κ2) is 13.1. The molecule has 0 atom stereocenters. The van der Waals surface area contributed by atoms with Crippen molar-refractivity contribution in [3.05, 3.63) is 0 Å². The summed E-state index contributed by atoms with van der Waals surface area (Å²) in [4.78, 5) is 17.0. The van der Waals surface area contributed by atoms with E-state index in [4.69, 9.17) is 4.84 Å². The van der Waals surface area contributed by atoms with Crippen LogP contribution in [-0.4, -0.2) is 31.3 Å². The highest BCUT2D eigenvalue weighted by molar-refractivity contribution is 5.68. The third kappa shape index (κ3) is 14.1. The molecule has 0 saturated heterocycles. The molecular formula is C18H38NO2+. The van der Waals surface area contributed by atoms with Gasteiger partial charge in [-0.1, -0.05) is 65.2 Å². The molecule has 0 unspecified atom stereocenters. The van der Waals surface area contributed by atoms with Crippen LogP contribution in [0.5, 0.6) is 0 Å². The molecule has 0 saturated carbocycles. The van der Waals surface area contributed by atoms with Gasteiger partial charge in [-0.25, -0.2) is 4.79 Å². The summed E-state index contributed by atoms with van der Waals surface area (Å²) < 4.78 is 0.371. The first-order chi connectivity index (χ1) is 10.0. The summed E-state index contributed by atoms with van der Waals surface area (Å²) in [6.45, 7) is 5.19. The largest absolute Gasteiger partial charge is 0.366 e. The SMILES string of the molecule is CCCCCCCCCCCC[N+](C)(C)OC(=O)CCC. The lowest BCUT2D eigenvalue weighted by atomic mass is 10.1. The second-order valence-corrected chi connectivity index (χ2v) is 6.69. The van der Waals surface area contributed by atoms with Crippen LogP contribution in [0.1, 0.15) is 90.9 Å². The molecule has 0 bridgehead atoms. The van der Waals surface area contributed by atoms with Crippen LogP contribution in [0.25, 0.3) is 0 Å². The number of carbonyl (C=O) groups is 1. The summed E-state index contributed by atoms with van der Waals surface area (Å²) in [5.41, 5.74) is 0. The number of nitrogens with zero attached hydrogens (tertiary/aromatic N) is 1. The van der Waals surface area contributed by atoms with Crippen LogP contribution in [0, 0.1) is 0 Å². The summed E-state index contributed by atoms with van der Waals surface area (Å²) in [5.74, 6) is -0.0745. The average Bonchev–Trinajstić information content (AvgIpc) is 2.40. The second-order valence-electron chi connectivity index (χ2n) is 6.69. The molecule has 0 aliphatic rings. The summed E-state index contributed by atoms with van der Waals surface area (Å²) in [7, 11) is 3.95. The van der Waals surface area contributed by atoms with Gasteiger partial charge in [-0.3, -0.25) is 4.84 Å². The van der Waals surface area contributed by atoms with Gasteiger partial charge >= 0.3 is 5.97 Å². The van der Waals surface area contributed by atoms with Crippen LogP contribution in [0.3, 0.4) is 0 Å². The number of hydroxylamine groups is 3. The monoisotopic (exact) mass is 300 g/mol. The first kappa shape index (κ1) is 20.4. The van der Waals surface area contributed by atoms with Gasteiger partial charge in [-0.2, -0.15) is 0 Å². The Morgan fingerprint density at radius 2 is 1.24 bits per heavy atom. The molecule has 0 radical (unpaired) electrons. The fourth-order valence-corrected chi connectivity index (χ4v) is 2.55. The van der Waals surface area contributed by atoms with Gasteiger partial charge in [0.25, 0.3) is 0 Å². The standard InChI is InChI=1S/C18H38NO2/c1-5-7-8-9-10-11-12-13-14-15-17-19(3,4)21-18(20)16-6-2/h5-17H2,1-4H3/q+1. The summed E-state index contributed by atoms with van der Waals surface area (Å²) in [6, 6.07) is 0. The number of rotatable bonds is 14. The van der Waals surface area contributed by atoms with Gasteiger partial charge < -0.3 is 0 Å². The van der Waals surface area contributed by atoms with E-state index in [1.807, 2.05) is 21.0 Å². The fraction of sp³-hybridized carbons (Fsp3) is 0.944. The molecule has 0 rings (SSSR count). The topological polar surface area (TPSA) is 26.3 Å². The molecule has 0 aromatic heterocycles. The number of hydrogen-bond donors (Lipinski definition) is 0. The molecule has 0 heterocycles. The van der Waals surface area contributed by atoms with Gasteiger partial charge in [0, 0.05) is 6.42 Å². The Hall–Kier alpha value is -0.570. The zero-order chi connectivity index (χ0) is 16.0. The highest BCUT2D eigenvalue weighted by Gasteiger charge is 2.20. The van der Waals surface area contributed by atoms with Crippen LogP contribution in [-0.2, 0) is 9.63 Å². The normalized spacial score (nSPS) is 11.6. The van der Waals surface area contributed by atoms with Gasteiger partial charge in [0.05, 0.1) is 6.42 Å². The van der Waals surface area contributed by atoms with Gasteiger partial charge in [-0.15, -0.1) is 4.65 Å². The van der Waals surface area contributed by atoms with Gasteiger partial charge in [-0.05, 0) is 12.8 Å². The molecule has 3 heteroatoms. The molecule has 0 spiro atoms. The van der Waals surface area contributed by atoms with Crippen molar-refractivity contribution in [1.29, 1.82) is 0 Å². The van der Waals surface area contributed by atoms with Crippen molar-refractivity contribution in [3.8, 4) is 0 Å². The predicted molar refractivity (Wildman–Crippen MR) is 89.8 cm³/mol. The lowest BCUT2D eigenvalue weighted by Gasteiger charge is -2.25. The Kier molecular flexibility index (Phi) is 12.8. The molecule has 3 nitrogen and oxygen atoms in total. The van der Waals surface area contributed by atoms with E-state index in [1.54, 1.807) is 0 Å². The van der Waals surface area contributed by atoms with Gasteiger partial charge in [0.15, 0.2) is 0 Å². The molecule has 0 aromatic carbocycles. The Morgan fingerprint density at radius 1 is 0.762 bits per heavy atom. The molecule has 0 aliphatic carbocycles. The molecule has 0 aliphatic heterocycles. The Morgan fingerprint density at radius 3 is 1.71 bits per heavy atom. The predicted octanol–water partition coefficient (Wildman–Crippen LogP) is 5.24. The third-order valence-electron chi connectivity index (χ3n) is 3.85. The molecular weight excluding hydrogens is 262 g/mol. The average molecular weight is 301 g/mol. The minimum absolute atomic E-state index is 0.0745. The van der Waals surface area contributed by atoms with Crippen molar-refractivity contribution in [1.82, 2.24) is 0 Å². The summed E-state index contributed by atoms with van der Waals surface area (Å²) in [5, 5.41) is 0. The van der Waals surface area contributed by atoms with E-state index < -0.39 is 0 Å². The lowest BCUT2D eigenvalue weighted by molar-refractivity contribution is -1.06. The molecule has 0 amide bonds. The first-order valence-electron chi connectivity index (χ1n) is 9.07. The van der Waals surface area contributed by atoms with Crippen LogP contribution >= 0.6 is 0 Å². The van der Waals surface area contributed by atoms with E-state index in [0.29, 0.717) is 11.1 Å². The van der Waals surface area contributed by atoms with Crippen LogP contribution < -0.4 is 0 Å². The minimum atomic E-state index is -0.0745. The smallest absolute Gasteiger partial charge is 0.277 e. The van der Waals surface area contributed by atoms with Gasteiger partial charge in [0.2, 0.25) is 0 Å². The van der Waals surface area contributed by atoms with Crippen LogP contribution in [0.2, 0.25) is 0 Å². The van der Waals surface area contributed by atoms with E-state index >= 15 is 0 Å². The van der Waals surface area contributed by atoms with Crippen molar-refractivity contribution in [2.75, 3.05) is 20.6 Å². The number of hydrogen-bond acceptors (Lipinski definition) is 2.